The molecule has 0 saturated carbocycles. The molecule has 1 fully saturated rings. The largest absolute Gasteiger partial charge is 0.354 e. The maximum atomic E-state index is 12.0. The Morgan fingerprint density at radius 2 is 2.22 bits per heavy atom. The summed E-state index contributed by atoms with van der Waals surface area (Å²) in [6.45, 7) is 1.43. The Labute approximate surface area is 110 Å². The minimum absolute atomic E-state index is 0.0203. The summed E-state index contributed by atoms with van der Waals surface area (Å²) in [6, 6.07) is 6.75. The third-order valence-corrected chi connectivity index (χ3v) is 2.91. The predicted molar refractivity (Wildman–Crippen MR) is 69.7 cm³/mol. The fraction of sp³-hybridized carbons (Fsp3) is 0.333. The van der Waals surface area contributed by atoms with Gasteiger partial charge in [-0.05, 0) is 18.2 Å². The lowest BCUT2D eigenvalue weighted by molar-refractivity contribution is -0.120. The first kappa shape index (κ1) is 12.7. The molecule has 0 unspecified atom stereocenters. The number of carbonyl (C=O) groups is 2. The zero-order valence-corrected chi connectivity index (χ0v) is 10.5. The fourth-order valence-corrected chi connectivity index (χ4v) is 1.93. The van der Waals surface area contributed by atoms with Crippen LogP contribution in [0.3, 0.4) is 0 Å². The average Bonchev–Trinajstić information content (AvgIpc) is 2.54. The third-order valence-electron chi connectivity index (χ3n) is 2.68. The molecule has 1 aliphatic rings. The van der Waals surface area contributed by atoms with Crippen molar-refractivity contribution in [2.75, 3.05) is 25.0 Å². The second kappa shape index (κ2) is 5.73. The van der Waals surface area contributed by atoms with Gasteiger partial charge >= 0.3 is 6.03 Å². The molecule has 0 bridgehead atoms. The van der Waals surface area contributed by atoms with Gasteiger partial charge in [-0.2, -0.15) is 0 Å². The van der Waals surface area contributed by atoms with Gasteiger partial charge < -0.3 is 15.5 Å². The lowest BCUT2D eigenvalue weighted by Gasteiger charge is -2.20. The first-order valence-electron chi connectivity index (χ1n) is 5.73. The Morgan fingerprint density at radius 1 is 1.39 bits per heavy atom. The van der Waals surface area contributed by atoms with Crippen LogP contribution in [0, 0.1) is 0 Å². The Morgan fingerprint density at radius 3 is 3.00 bits per heavy atom. The number of carbonyl (C=O) groups excluding carboxylic acids is 2. The highest BCUT2D eigenvalue weighted by atomic mass is 35.5. The number of nitrogens with one attached hydrogen (secondary N) is 2. The van der Waals surface area contributed by atoms with E-state index in [4.69, 9.17) is 11.6 Å². The van der Waals surface area contributed by atoms with Crippen LogP contribution in [-0.2, 0) is 4.79 Å². The van der Waals surface area contributed by atoms with E-state index in [9.17, 15) is 9.59 Å². The molecule has 6 heteroatoms. The SMILES string of the molecule is O=C1CCN(C(=O)Nc2cccc(Cl)c2)CCN1. The van der Waals surface area contributed by atoms with E-state index in [1.54, 1.807) is 29.2 Å². The maximum Gasteiger partial charge on any atom is 0.321 e. The highest BCUT2D eigenvalue weighted by molar-refractivity contribution is 6.30. The van der Waals surface area contributed by atoms with Gasteiger partial charge in [0.1, 0.15) is 0 Å². The lowest BCUT2D eigenvalue weighted by atomic mass is 10.3. The molecule has 0 radical (unpaired) electrons. The molecular formula is C12H14ClN3O2. The van der Waals surface area contributed by atoms with E-state index < -0.39 is 0 Å². The molecule has 3 amide bonds. The molecule has 0 aliphatic carbocycles. The van der Waals surface area contributed by atoms with Crippen molar-refractivity contribution in [1.82, 2.24) is 10.2 Å². The van der Waals surface area contributed by atoms with E-state index in [1.165, 1.54) is 0 Å². The summed E-state index contributed by atoms with van der Waals surface area (Å²) >= 11 is 5.84. The summed E-state index contributed by atoms with van der Waals surface area (Å²) in [5.74, 6) is -0.0203. The second-order valence-corrected chi connectivity index (χ2v) is 4.46. The summed E-state index contributed by atoms with van der Waals surface area (Å²) in [4.78, 5) is 24.7. The zero-order chi connectivity index (χ0) is 13.0. The number of nitrogens with zero attached hydrogens (tertiary/aromatic N) is 1. The topological polar surface area (TPSA) is 61.4 Å². The predicted octanol–water partition coefficient (Wildman–Crippen LogP) is 1.69. The molecule has 96 valence electrons. The smallest absolute Gasteiger partial charge is 0.321 e. The highest BCUT2D eigenvalue weighted by Gasteiger charge is 2.18. The van der Waals surface area contributed by atoms with Crippen LogP contribution >= 0.6 is 11.6 Å². The van der Waals surface area contributed by atoms with E-state index >= 15 is 0 Å². The minimum Gasteiger partial charge on any atom is -0.354 e. The normalized spacial score (nSPS) is 15.8. The highest BCUT2D eigenvalue weighted by Crippen LogP contribution is 2.15. The van der Waals surface area contributed by atoms with Crippen molar-refractivity contribution >= 4 is 29.2 Å². The van der Waals surface area contributed by atoms with Gasteiger partial charge in [-0.15, -0.1) is 0 Å². The molecule has 1 aliphatic heterocycles. The molecule has 1 saturated heterocycles. The van der Waals surface area contributed by atoms with Crippen LogP contribution in [0.5, 0.6) is 0 Å². The summed E-state index contributed by atoms with van der Waals surface area (Å²) in [5.41, 5.74) is 0.649. The second-order valence-electron chi connectivity index (χ2n) is 4.03. The Hall–Kier alpha value is -1.75. The standard InChI is InChI=1S/C12H14ClN3O2/c13-9-2-1-3-10(8-9)15-12(18)16-6-4-11(17)14-5-7-16/h1-3,8H,4-7H2,(H,14,17)(H,15,18). The van der Waals surface area contributed by atoms with Crippen LogP contribution < -0.4 is 10.6 Å². The van der Waals surface area contributed by atoms with Gasteiger partial charge in [-0.25, -0.2) is 4.79 Å². The number of anilines is 1. The molecule has 1 heterocycles. The lowest BCUT2D eigenvalue weighted by Crippen LogP contribution is -2.37. The van der Waals surface area contributed by atoms with Gasteiger partial charge in [-0.1, -0.05) is 17.7 Å². The Balaban J connectivity index is 1.97. The monoisotopic (exact) mass is 267 g/mol. The van der Waals surface area contributed by atoms with Gasteiger partial charge in [0.2, 0.25) is 5.91 Å². The molecule has 1 aromatic carbocycles. The van der Waals surface area contributed by atoms with Crippen molar-refractivity contribution in [3.8, 4) is 0 Å². The van der Waals surface area contributed by atoms with Gasteiger partial charge in [0.25, 0.3) is 0 Å². The Kier molecular flexibility index (Phi) is 4.04. The number of hydrogen-bond donors (Lipinski definition) is 2. The average molecular weight is 268 g/mol. The molecular weight excluding hydrogens is 254 g/mol. The van der Waals surface area contributed by atoms with Crippen molar-refractivity contribution < 1.29 is 9.59 Å². The molecule has 0 spiro atoms. The molecule has 0 atom stereocenters. The van der Waals surface area contributed by atoms with Crippen LogP contribution in [0.15, 0.2) is 24.3 Å². The van der Waals surface area contributed by atoms with Gasteiger partial charge in [-0.3, -0.25) is 4.79 Å². The van der Waals surface area contributed by atoms with Crippen LogP contribution in [0.2, 0.25) is 5.02 Å². The molecule has 0 aromatic heterocycles. The summed E-state index contributed by atoms with van der Waals surface area (Å²) in [7, 11) is 0. The van der Waals surface area contributed by atoms with Crippen molar-refractivity contribution in [3.63, 3.8) is 0 Å². The number of urea groups is 1. The van der Waals surface area contributed by atoms with E-state index in [2.05, 4.69) is 10.6 Å². The van der Waals surface area contributed by atoms with Crippen molar-refractivity contribution in [3.05, 3.63) is 29.3 Å². The molecule has 5 nitrogen and oxygen atoms in total. The van der Waals surface area contributed by atoms with Gasteiger partial charge in [0.05, 0.1) is 0 Å². The quantitative estimate of drug-likeness (QED) is 0.813. The van der Waals surface area contributed by atoms with E-state index in [0.717, 1.165) is 0 Å². The van der Waals surface area contributed by atoms with Crippen LogP contribution in [0.4, 0.5) is 10.5 Å². The van der Waals surface area contributed by atoms with Crippen LogP contribution in [0.25, 0.3) is 0 Å². The van der Waals surface area contributed by atoms with Crippen LogP contribution in [-0.4, -0.2) is 36.5 Å². The van der Waals surface area contributed by atoms with Crippen molar-refractivity contribution in [2.45, 2.75) is 6.42 Å². The number of halogens is 1. The van der Waals surface area contributed by atoms with Gasteiger partial charge in [0, 0.05) is 36.8 Å². The third kappa shape index (κ3) is 3.37. The molecule has 18 heavy (non-hydrogen) atoms. The van der Waals surface area contributed by atoms with E-state index in [0.29, 0.717) is 36.8 Å². The zero-order valence-electron chi connectivity index (χ0n) is 9.78. The Bertz CT molecular complexity index is 464. The summed E-state index contributed by atoms with van der Waals surface area (Å²) in [5, 5.41) is 6.05. The molecule has 2 N–H and O–H groups in total. The first-order chi connectivity index (χ1) is 8.65. The van der Waals surface area contributed by atoms with E-state index in [1.807, 2.05) is 0 Å². The molecule has 1 aromatic rings. The number of rotatable bonds is 1. The number of hydrogen-bond acceptors (Lipinski definition) is 2. The number of benzene rings is 1. The van der Waals surface area contributed by atoms with Crippen LogP contribution in [0.1, 0.15) is 6.42 Å². The molecule has 2 rings (SSSR count). The number of amides is 3. The van der Waals surface area contributed by atoms with Gasteiger partial charge in [0.15, 0.2) is 0 Å². The summed E-state index contributed by atoms with van der Waals surface area (Å²) in [6.07, 6.45) is 0.336. The van der Waals surface area contributed by atoms with Crippen molar-refractivity contribution in [1.29, 1.82) is 0 Å². The first-order valence-corrected chi connectivity index (χ1v) is 6.11. The fourth-order valence-electron chi connectivity index (χ4n) is 1.74. The maximum absolute atomic E-state index is 12.0. The summed E-state index contributed by atoms with van der Waals surface area (Å²) < 4.78 is 0. The van der Waals surface area contributed by atoms with E-state index in [-0.39, 0.29) is 11.9 Å². The minimum atomic E-state index is -0.214. The van der Waals surface area contributed by atoms with Crippen molar-refractivity contribution in [2.24, 2.45) is 0 Å².